The van der Waals surface area contributed by atoms with Gasteiger partial charge in [0.2, 0.25) is 0 Å². The molecule has 0 amide bonds. The Morgan fingerprint density at radius 1 is 1.62 bits per heavy atom. The van der Waals surface area contributed by atoms with Crippen molar-refractivity contribution in [3.63, 3.8) is 0 Å². The maximum absolute atomic E-state index is 12.9. The van der Waals surface area contributed by atoms with E-state index in [1.807, 2.05) is 0 Å². The summed E-state index contributed by atoms with van der Waals surface area (Å²) in [4.78, 5) is 10.9. The van der Waals surface area contributed by atoms with Crippen molar-refractivity contribution in [2.75, 3.05) is 7.11 Å². The van der Waals surface area contributed by atoms with Crippen LogP contribution in [-0.2, 0) is 16.0 Å². The normalized spacial score (nSPS) is 9.77. The number of rotatable bonds is 2. The fourth-order valence-corrected chi connectivity index (χ4v) is 1.32. The van der Waals surface area contributed by atoms with Crippen molar-refractivity contribution in [2.24, 2.45) is 0 Å². The standard InChI is InChI=1S/C9H8BrFO2/c1-13-8(12)5-6-3-2-4-7(11)9(6)10/h2-4H,5H2,1H3. The van der Waals surface area contributed by atoms with Crippen molar-refractivity contribution in [3.05, 3.63) is 34.1 Å². The van der Waals surface area contributed by atoms with Gasteiger partial charge in [0.15, 0.2) is 0 Å². The first-order valence-electron chi connectivity index (χ1n) is 3.65. The minimum atomic E-state index is -0.383. The molecule has 0 aliphatic carbocycles. The van der Waals surface area contributed by atoms with E-state index in [4.69, 9.17) is 0 Å². The molecule has 0 atom stereocenters. The molecule has 2 nitrogen and oxygen atoms in total. The SMILES string of the molecule is COC(=O)Cc1cccc(F)c1Br. The van der Waals surface area contributed by atoms with Crippen LogP contribution in [0.15, 0.2) is 22.7 Å². The highest BCUT2D eigenvalue weighted by Gasteiger charge is 2.09. The van der Waals surface area contributed by atoms with Gasteiger partial charge < -0.3 is 4.74 Å². The molecule has 0 fully saturated rings. The van der Waals surface area contributed by atoms with Crippen molar-refractivity contribution in [3.8, 4) is 0 Å². The second kappa shape index (κ2) is 4.37. The van der Waals surface area contributed by atoms with Gasteiger partial charge in [-0.05, 0) is 27.6 Å². The third-order valence-electron chi connectivity index (χ3n) is 1.59. The largest absolute Gasteiger partial charge is 0.469 e. The van der Waals surface area contributed by atoms with Gasteiger partial charge in [-0.3, -0.25) is 4.79 Å². The summed E-state index contributed by atoms with van der Waals surface area (Å²) in [5, 5.41) is 0. The lowest BCUT2D eigenvalue weighted by Crippen LogP contribution is -2.05. The first-order valence-corrected chi connectivity index (χ1v) is 4.44. The Hall–Kier alpha value is -0.900. The van der Waals surface area contributed by atoms with E-state index in [1.54, 1.807) is 12.1 Å². The van der Waals surface area contributed by atoms with Crippen molar-refractivity contribution in [2.45, 2.75) is 6.42 Å². The van der Waals surface area contributed by atoms with Gasteiger partial charge >= 0.3 is 5.97 Å². The third-order valence-corrected chi connectivity index (χ3v) is 2.48. The average Bonchev–Trinajstić information content (AvgIpc) is 2.13. The molecule has 70 valence electrons. The van der Waals surface area contributed by atoms with Crippen molar-refractivity contribution in [1.29, 1.82) is 0 Å². The lowest BCUT2D eigenvalue weighted by atomic mass is 10.1. The van der Waals surface area contributed by atoms with E-state index < -0.39 is 0 Å². The molecule has 0 radical (unpaired) electrons. The van der Waals surface area contributed by atoms with Crippen LogP contribution in [-0.4, -0.2) is 13.1 Å². The topological polar surface area (TPSA) is 26.3 Å². The van der Waals surface area contributed by atoms with Crippen molar-refractivity contribution in [1.82, 2.24) is 0 Å². The fourth-order valence-electron chi connectivity index (χ4n) is 0.913. The van der Waals surface area contributed by atoms with E-state index in [0.717, 1.165) is 0 Å². The van der Waals surface area contributed by atoms with Crippen molar-refractivity contribution < 1.29 is 13.9 Å². The van der Waals surface area contributed by atoms with Gasteiger partial charge in [-0.15, -0.1) is 0 Å². The quantitative estimate of drug-likeness (QED) is 0.749. The highest BCUT2D eigenvalue weighted by Crippen LogP contribution is 2.20. The third kappa shape index (κ3) is 2.52. The molecular formula is C9H8BrFO2. The molecule has 0 aliphatic rings. The Labute approximate surface area is 83.8 Å². The summed E-state index contributed by atoms with van der Waals surface area (Å²) in [6.07, 6.45) is 0.0782. The fraction of sp³-hybridized carbons (Fsp3) is 0.222. The van der Waals surface area contributed by atoms with E-state index in [1.165, 1.54) is 13.2 Å². The van der Waals surface area contributed by atoms with Crippen LogP contribution in [0.3, 0.4) is 0 Å². The van der Waals surface area contributed by atoms with E-state index in [0.29, 0.717) is 10.0 Å². The molecule has 0 unspecified atom stereocenters. The number of hydrogen-bond acceptors (Lipinski definition) is 2. The van der Waals surface area contributed by atoms with Crippen LogP contribution in [0.25, 0.3) is 0 Å². The van der Waals surface area contributed by atoms with Gasteiger partial charge in [-0.1, -0.05) is 12.1 Å². The number of carbonyl (C=O) groups is 1. The summed E-state index contributed by atoms with van der Waals surface area (Å²) in [7, 11) is 1.30. The summed E-state index contributed by atoms with van der Waals surface area (Å²) in [6, 6.07) is 4.55. The molecule has 0 saturated carbocycles. The molecule has 13 heavy (non-hydrogen) atoms. The second-order valence-corrected chi connectivity index (χ2v) is 3.26. The van der Waals surface area contributed by atoms with Crippen LogP contribution in [0.5, 0.6) is 0 Å². The number of carbonyl (C=O) groups excluding carboxylic acids is 1. The number of benzene rings is 1. The van der Waals surface area contributed by atoms with Gasteiger partial charge in [0.1, 0.15) is 5.82 Å². The van der Waals surface area contributed by atoms with Gasteiger partial charge in [-0.2, -0.15) is 0 Å². The summed E-state index contributed by atoms with van der Waals surface area (Å²) in [5.74, 6) is -0.757. The van der Waals surface area contributed by atoms with Crippen LogP contribution >= 0.6 is 15.9 Å². The lowest BCUT2D eigenvalue weighted by Gasteiger charge is -2.03. The summed E-state index contributed by atoms with van der Waals surface area (Å²) >= 11 is 3.06. The van der Waals surface area contributed by atoms with E-state index in [-0.39, 0.29) is 18.2 Å². The Kier molecular flexibility index (Phi) is 3.42. The Bertz CT molecular complexity index is 325. The minimum Gasteiger partial charge on any atom is -0.469 e. The van der Waals surface area contributed by atoms with E-state index >= 15 is 0 Å². The molecule has 0 aliphatic heterocycles. The van der Waals surface area contributed by atoms with Crippen LogP contribution in [0.1, 0.15) is 5.56 Å². The Balaban J connectivity index is 2.89. The zero-order valence-electron chi connectivity index (χ0n) is 7.01. The number of ether oxygens (including phenoxy) is 1. The van der Waals surface area contributed by atoms with Gasteiger partial charge in [0.25, 0.3) is 0 Å². The average molecular weight is 247 g/mol. The molecule has 0 N–H and O–H groups in total. The van der Waals surface area contributed by atoms with Crippen molar-refractivity contribution >= 4 is 21.9 Å². The molecular weight excluding hydrogens is 239 g/mol. The highest BCUT2D eigenvalue weighted by molar-refractivity contribution is 9.10. The van der Waals surface area contributed by atoms with Crippen LogP contribution in [0.4, 0.5) is 4.39 Å². The predicted molar refractivity (Wildman–Crippen MR) is 49.8 cm³/mol. The van der Waals surface area contributed by atoms with Gasteiger partial charge in [0.05, 0.1) is 18.0 Å². The number of methoxy groups -OCH3 is 1. The first kappa shape index (κ1) is 10.2. The second-order valence-electron chi connectivity index (χ2n) is 2.47. The Morgan fingerprint density at radius 2 is 2.31 bits per heavy atom. The maximum atomic E-state index is 12.9. The van der Waals surface area contributed by atoms with Gasteiger partial charge in [0, 0.05) is 0 Å². The summed E-state index contributed by atoms with van der Waals surface area (Å²) in [5.41, 5.74) is 0.590. The molecule has 0 saturated heterocycles. The highest BCUT2D eigenvalue weighted by atomic mass is 79.9. The van der Waals surface area contributed by atoms with E-state index in [2.05, 4.69) is 20.7 Å². The monoisotopic (exact) mass is 246 g/mol. The summed E-state index contributed by atoms with van der Waals surface area (Å²) in [6.45, 7) is 0. The Morgan fingerprint density at radius 3 is 2.92 bits per heavy atom. The molecule has 1 aromatic carbocycles. The van der Waals surface area contributed by atoms with Gasteiger partial charge in [-0.25, -0.2) is 4.39 Å². The molecule has 0 spiro atoms. The number of hydrogen-bond donors (Lipinski definition) is 0. The molecule has 0 aromatic heterocycles. The summed E-state index contributed by atoms with van der Waals surface area (Å²) < 4.78 is 17.7. The lowest BCUT2D eigenvalue weighted by molar-refractivity contribution is -0.139. The zero-order chi connectivity index (χ0) is 9.84. The molecule has 1 aromatic rings. The van der Waals surface area contributed by atoms with Crippen LogP contribution in [0, 0.1) is 5.82 Å². The first-order chi connectivity index (χ1) is 6.15. The smallest absolute Gasteiger partial charge is 0.310 e. The molecule has 0 heterocycles. The molecule has 4 heteroatoms. The van der Waals surface area contributed by atoms with Crippen LogP contribution in [0.2, 0.25) is 0 Å². The molecule has 1 rings (SSSR count). The van der Waals surface area contributed by atoms with E-state index in [9.17, 15) is 9.18 Å². The maximum Gasteiger partial charge on any atom is 0.310 e. The van der Waals surface area contributed by atoms with Crippen LogP contribution < -0.4 is 0 Å². The zero-order valence-corrected chi connectivity index (χ0v) is 8.60. The number of halogens is 2. The minimum absolute atomic E-state index is 0.0782. The predicted octanol–water partition coefficient (Wildman–Crippen LogP) is 2.30. The number of esters is 1. The molecule has 0 bridgehead atoms.